The molecular weight excluding hydrogens is 314 g/mol. The monoisotopic (exact) mass is 354 g/mol. The van der Waals surface area contributed by atoms with Crippen molar-refractivity contribution in [1.29, 1.82) is 0 Å². The maximum atomic E-state index is 12.4. The average molecular weight is 355 g/mol. The molecule has 0 aliphatic rings. The Bertz CT molecular complexity index is 300. The van der Waals surface area contributed by atoms with E-state index < -0.39 is 0 Å². The van der Waals surface area contributed by atoms with Gasteiger partial charge in [-0.3, -0.25) is 9.59 Å². The van der Waals surface area contributed by atoms with Crippen LogP contribution in [0.3, 0.4) is 0 Å². The van der Waals surface area contributed by atoms with Gasteiger partial charge < -0.3 is 9.80 Å². The van der Waals surface area contributed by atoms with E-state index in [1.807, 2.05) is 9.80 Å². The van der Waals surface area contributed by atoms with Crippen molar-refractivity contribution in [1.82, 2.24) is 15.1 Å². The first-order valence-electron chi connectivity index (χ1n) is 10.3. The summed E-state index contributed by atoms with van der Waals surface area (Å²) in [5.74, 6) is 0.117. The standard InChI is InChI=1S/C20H40N3O2/c1-5-9-13-22(14-10-6-2)19(24)17-21-18-20(25)23(15-11-7-3)16-12-8-4/h5-18H2,1-4H3. The van der Waals surface area contributed by atoms with Gasteiger partial charge in [0.2, 0.25) is 11.8 Å². The van der Waals surface area contributed by atoms with Crippen LogP contribution in [0.2, 0.25) is 0 Å². The van der Waals surface area contributed by atoms with Crippen LogP contribution in [0, 0.1) is 0 Å². The predicted molar refractivity (Wildman–Crippen MR) is 105 cm³/mol. The molecule has 0 aromatic heterocycles. The van der Waals surface area contributed by atoms with Crippen LogP contribution in [-0.4, -0.2) is 60.9 Å². The van der Waals surface area contributed by atoms with Gasteiger partial charge in [0, 0.05) is 26.2 Å². The van der Waals surface area contributed by atoms with Crippen molar-refractivity contribution in [3.05, 3.63) is 0 Å². The molecule has 147 valence electrons. The molecule has 25 heavy (non-hydrogen) atoms. The summed E-state index contributed by atoms with van der Waals surface area (Å²) in [6.07, 6.45) is 8.41. The van der Waals surface area contributed by atoms with Gasteiger partial charge in [-0.25, -0.2) is 5.32 Å². The minimum atomic E-state index is 0.0587. The van der Waals surface area contributed by atoms with Gasteiger partial charge in [0.15, 0.2) is 0 Å². The number of carbonyl (C=O) groups excluding carboxylic acids is 2. The van der Waals surface area contributed by atoms with Crippen molar-refractivity contribution in [2.75, 3.05) is 39.3 Å². The average Bonchev–Trinajstić information content (AvgIpc) is 2.61. The van der Waals surface area contributed by atoms with E-state index in [9.17, 15) is 9.59 Å². The molecule has 0 spiro atoms. The van der Waals surface area contributed by atoms with Crippen LogP contribution in [0.15, 0.2) is 0 Å². The molecule has 0 saturated heterocycles. The second-order valence-corrected chi connectivity index (χ2v) is 6.72. The fourth-order valence-electron chi connectivity index (χ4n) is 2.57. The van der Waals surface area contributed by atoms with E-state index in [2.05, 4.69) is 33.0 Å². The highest BCUT2D eigenvalue weighted by Gasteiger charge is 2.16. The third kappa shape index (κ3) is 12.0. The Hall–Kier alpha value is -1.10. The summed E-state index contributed by atoms with van der Waals surface area (Å²) < 4.78 is 0. The van der Waals surface area contributed by atoms with Gasteiger partial charge >= 0.3 is 0 Å². The molecule has 0 aliphatic carbocycles. The molecule has 0 saturated carbocycles. The number of carbonyl (C=O) groups is 2. The predicted octanol–water partition coefficient (Wildman–Crippen LogP) is 3.45. The van der Waals surface area contributed by atoms with Gasteiger partial charge in [-0.2, -0.15) is 0 Å². The van der Waals surface area contributed by atoms with Gasteiger partial charge in [-0.05, 0) is 25.7 Å². The highest BCUT2D eigenvalue weighted by Crippen LogP contribution is 2.02. The van der Waals surface area contributed by atoms with E-state index in [0.29, 0.717) is 0 Å². The molecule has 5 nitrogen and oxygen atoms in total. The van der Waals surface area contributed by atoms with Crippen LogP contribution in [0.25, 0.3) is 0 Å². The number of rotatable bonds is 16. The Morgan fingerprint density at radius 1 is 0.600 bits per heavy atom. The highest BCUT2D eigenvalue weighted by atomic mass is 16.2. The summed E-state index contributed by atoms with van der Waals surface area (Å²) in [7, 11) is 0. The Kier molecular flexibility index (Phi) is 15.7. The number of nitrogens with zero attached hydrogens (tertiary/aromatic N) is 3. The summed E-state index contributed by atoms with van der Waals surface area (Å²) in [6, 6.07) is 0. The van der Waals surface area contributed by atoms with E-state index in [4.69, 9.17) is 0 Å². The van der Waals surface area contributed by atoms with Gasteiger partial charge in [-0.15, -0.1) is 0 Å². The van der Waals surface area contributed by atoms with Crippen LogP contribution in [0.1, 0.15) is 79.1 Å². The van der Waals surface area contributed by atoms with Gasteiger partial charge in [0.25, 0.3) is 0 Å². The fraction of sp³-hybridized carbons (Fsp3) is 0.900. The van der Waals surface area contributed by atoms with Gasteiger partial charge in [0.1, 0.15) is 0 Å². The lowest BCUT2D eigenvalue weighted by molar-refractivity contribution is -0.132. The molecule has 0 atom stereocenters. The van der Waals surface area contributed by atoms with E-state index in [0.717, 1.165) is 77.5 Å². The molecular formula is C20H40N3O2. The largest absolute Gasteiger partial charge is 0.342 e. The molecule has 0 aliphatic heterocycles. The summed E-state index contributed by atoms with van der Waals surface area (Å²) in [5.41, 5.74) is 0. The van der Waals surface area contributed by atoms with Crippen molar-refractivity contribution in [3.63, 3.8) is 0 Å². The van der Waals surface area contributed by atoms with E-state index >= 15 is 0 Å². The van der Waals surface area contributed by atoms with E-state index in [1.165, 1.54) is 0 Å². The molecule has 0 aromatic rings. The Morgan fingerprint density at radius 3 is 1.12 bits per heavy atom. The number of hydrogen-bond donors (Lipinski definition) is 0. The van der Waals surface area contributed by atoms with E-state index in [1.54, 1.807) is 0 Å². The molecule has 0 rings (SSSR count). The molecule has 0 heterocycles. The normalized spacial score (nSPS) is 10.7. The molecule has 0 bridgehead atoms. The van der Waals surface area contributed by atoms with Crippen LogP contribution in [0.4, 0.5) is 0 Å². The third-order valence-electron chi connectivity index (χ3n) is 4.33. The molecule has 1 radical (unpaired) electrons. The Balaban J connectivity index is 4.31. The minimum absolute atomic E-state index is 0.0587. The molecule has 2 amide bonds. The van der Waals surface area contributed by atoms with Crippen molar-refractivity contribution >= 4 is 11.8 Å². The smallest absolute Gasteiger partial charge is 0.238 e. The molecule has 0 unspecified atom stereocenters. The van der Waals surface area contributed by atoms with Crippen molar-refractivity contribution in [2.24, 2.45) is 0 Å². The second kappa shape index (κ2) is 16.4. The SMILES string of the molecule is CCCCN(CCCC)C(=O)C[N]CC(=O)N(CCCC)CCCC. The second-order valence-electron chi connectivity index (χ2n) is 6.72. The lowest BCUT2D eigenvalue weighted by Crippen LogP contribution is -2.41. The lowest BCUT2D eigenvalue weighted by atomic mass is 10.2. The quantitative estimate of drug-likeness (QED) is 0.426. The Morgan fingerprint density at radius 2 is 0.880 bits per heavy atom. The molecule has 5 heteroatoms. The minimum Gasteiger partial charge on any atom is -0.342 e. The first-order chi connectivity index (χ1) is 12.1. The fourth-order valence-corrected chi connectivity index (χ4v) is 2.57. The summed E-state index contributed by atoms with van der Waals surface area (Å²) in [5, 5.41) is 4.26. The molecule has 0 fully saturated rings. The topological polar surface area (TPSA) is 54.7 Å². The van der Waals surface area contributed by atoms with Crippen molar-refractivity contribution in [3.8, 4) is 0 Å². The molecule has 0 aromatic carbocycles. The zero-order valence-corrected chi connectivity index (χ0v) is 17.1. The van der Waals surface area contributed by atoms with Crippen molar-refractivity contribution < 1.29 is 9.59 Å². The first-order valence-corrected chi connectivity index (χ1v) is 10.3. The summed E-state index contributed by atoms with van der Waals surface area (Å²) in [6.45, 7) is 12.0. The van der Waals surface area contributed by atoms with Gasteiger partial charge in [0.05, 0.1) is 13.1 Å². The number of unbranched alkanes of at least 4 members (excludes halogenated alkanes) is 4. The summed E-state index contributed by atoms with van der Waals surface area (Å²) >= 11 is 0. The van der Waals surface area contributed by atoms with Crippen LogP contribution < -0.4 is 5.32 Å². The molecule has 0 N–H and O–H groups in total. The van der Waals surface area contributed by atoms with E-state index in [-0.39, 0.29) is 24.9 Å². The Labute approximate surface area is 155 Å². The highest BCUT2D eigenvalue weighted by molar-refractivity contribution is 5.81. The zero-order valence-electron chi connectivity index (χ0n) is 17.1. The van der Waals surface area contributed by atoms with Crippen molar-refractivity contribution in [2.45, 2.75) is 79.1 Å². The lowest BCUT2D eigenvalue weighted by Gasteiger charge is -2.24. The third-order valence-corrected chi connectivity index (χ3v) is 4.33. The van der Waals surface area contributed by atoms with Crippen LogP contribution in [-0.2, 0) is 9.59 Å². The maximum absolute atomic E-state index is 12.4. The summed E-state index contributed by atoms with van der Waals surface area (Å²) in [4.78, 5) is 28.5. The zero-order chi connectivity index (χ0) is 18.9. The number of hydrogen-bond acceptors (Lipinski definition) is 2. The van der Waals surface area contributed by atoms with Gasteiger partial charge in [-0.1, -0.05) is 53.4 Å². The maximum Gasteiger partial charge on any atom is 0.238 e. The number of amides is 2. The first kappa shape index (κ1) is 23.9. The van der Waals surface area contributed by atoms with Crippen LogP contribution in [0.5, 0.6) is 0 Å². The van der Waals surface area contributed by atoms with Crippen LogP contribution >= 0.6 is 0 Å².